The van der Waals surface area contributed by atoms with E-state index in [0.717, 1.165) is 33.2 Å². The third-order valence-corrected chi connectivity index (χ3v) is 8.74. The van der Waals surface area contributed by atoms with Gasteiger partial charge in [0, 0.05) is 24.5 Å². The average Bonchev–Trinajstić information content (AvgIpc) is 3.64. The minimum absolute atomic E-state index is 0. The van der Waals surface area contributed by atoms with Crippen LogP contribution in [0, 0.1) is 6.33 Å². The van der Waals surface area contributed by atoms with Gasteiger partial charge in [0.25, 0.3) is 0 Å². The molecule has 3 aromatic carbocycles. The molecule has 0 saturated heterocycles. The van der Waals surface area contributed by atoms with Crippen LogP contribution >= 0.6 is 0 Å². The molecule has 0 unspecified atom stereocenters. The number of rotatable bonds is 7. The molecule has 3 heterocycles. The summed E-state index contributed by atoms with van der Waals surface area (Å²) in [6.07, 6.45) is 10.0. The van der Waals surface area contributed by atoms with Gasteiger partial charge in [-0.25, -0.2) is 0 Å². The van der Waals surface area contributed by atoms with E-state index >= 15 is 0 Å². The number of benzene rings is 3. The Morgan fingerprint density at radius 2 is 1.60 bits per heavy atom. The Bertz CT molecular complexity index is 1930. The molecular formula is C39H40AuN4S+. The van der Waals surface area contributed by atoms with Crippen molar-refractivity contribution in [2.75, 3.05) is 0 Å². The molecule has 0 spiro atoms. The Kier molecular flexibility index (Phi) is 9.57. The first-order valence-corrected chi connectivity index (χ1v) is 15.9. The second-order valence-electron chi connectivity index (χ2n) is 13.4. The van der Waals surface area contributed by atoms with Gasteiger partial charge >= 0.3 is 22.4 Å². The van der Waals surface area contributed by atoms with Crippen molar-refractivity contribution in [2.45, 2.75) is 77.0 Å². The Labute approximate surface area is 288 Å². The number of pyridine rings is 1. The molecule has 0 fully saturated rings. The topological polar surface area (TPSA) is 35.8 Å². The molecule has 0 aliphatic heterocycles. The van der Waals surface area contributed by atoms with Crippen LogP contribution in [0.15, 0.2) is 96.3 Å². The summed E-state index contributed by atoms with van der Waals surface area (Å²) >= 11 is 5.55. The van der Waals surface area contributed by atoms with Crippen LogP contribution in [0.4, 0.5) is 0 Å². The largest absolute Gasteiger partial charge is 3.00 e. The standard InChI is InChI=1S/C39H41N4S.Au/c1-25(2)28-17-29(26(3)4)19-30(18-28)27-12-13-34-31(16-27)23-40-35(34)22-33-20-32(39(5,6)7)21-38(41-33)43-15-14-42(24-43)36-10-8-9-11-37(36)44;/h8-21,23,25-26,44H,22H2,1-7H3;/q-1;+3/p-1. The van der Waals surface area contributed by atoms with Crippen molar-refractivity contribution >= 4 is 23.4 Å². The Hall–Kier alpha value is -3.48. The summed E-state index contributed by atoms with van der Waals surface area (Å²) in [5.74, 6) is 1.80. The average molecular weight is 794 g/mol. The molecule has 4 nitrogen and oxygen atoms in total. The zero-order valence-electron chi connectivity index (χ0n) is 27.0. The minimum Gasteiger partial charge on any atom is -0.784 e. The minimum atomic E-state index is -0.0431. The molecule has 45 heavy (non-hydrogen) atoms. The van der Waals surface area contributed by atoms with Crippen molar-refractivity contribution in [2.24, 2.45) is 0 Å². The molecule has 0 amide bonds. The van der Waals surface area contributed by atoms with E-state index in [2.05, 4.69) is 103 Å². The van der Waals surface area contributed by atoms with E-state index in [1.165, 1.54) is 33.2 Å². The van der Waals surface area contributed by atoms with Crippen molar-refractivity contribution in [3.63, 3.8) is 0 Å². The van der Waals surface area contributed by atoms with E-state index in [9.17, 15) is 0 Å². The molecule has 6 aromatic rings. The maximum absolute atomic E-state index is 5.55. The second-order valence-corrected chi connectivity index (χ2v) is 13.9. The summed E-state index contributed by atoms with van der Waals surface area (Å²) in [6, 6.07) is 26.1. The van der Waals surface area contributed by atoms with E-state index in [1.807, 2.05) is 52.0 Å². The number of hydrogen-bond acceptors (Lipinski definition) is 2. The van der Waals surface area contributed by atoms with Crippen LogP contribution in [0.2, 0.25) is 0 Å². The maximum Gasteiger partial charge on any atom is 3.00 e. The molecule has 232 valence electrons. The van der Waals surface area contributed by atoms with Gasteiger partial charge in [0.1, 0.15) is 5.69 Å². The Morgan fingerprint density at radius 1 is 0.889 bits per heavy atom. The third kappa shape index (κ3) is 7.02. The second kappa shape index (κ2) is 13.1. The molecule has 0 radical (unpaired) electrons. The van der Waals surface area contributed by atoms with Gasteiger partial charge in [-0.1, -0.05) is 103 Å². The van der Waals surface area contributed by atoms with E-state index in [4.69, 9.17) is 22.6 Å². The number of imidazole rings is 1. The van der Waals surface area contributed by atoms with Gasteiger partial charge in [-0.2, -0.15) is 11.1 Å². The number of aromatic nitrogens is 4. The number of hydrogen-bond donors (Lipinski definition) is 0. The van der Waals surface area contributed by atoms with E-state index in [1.54, 1.807) is 0 Å². The molecule has 6 rings (SSSR count). The Balaban J connectivity index is 0.00000400. The quantitative estimate of drug-likeness (QED) is 0.0703. The summed E-state index contributed by atoms with van der Waals surface area (Å²) in [5, 5.41) is 2.34. The van der Waals surface area contributed by atoms with Gasteiger partial charge in [0.15, 0.2) is 6.33 Å². The predicted molar refractivity (Wildman–Crippen MR) is 182 cm³/mol. The fraction of sp³-hybridized carbons (Fsp3) is 0.282. The van der Waals surface area contributed by atoms with Crippen LogP contribution in [0.5, 0.6) is 0 Å². The summed E-state index contributed by atoms with van der Waals surface area (Å²) in [4.78, 5) is 10.8. The summed E-state index contributed by atoms with van der Waals surface area (Å²) in [6.45, 7) is 15.8. The van der Waals surface area contributed by atoms with E-state index in [0.29, 0.717) is 18.3 Å². The molecule has 6 heteroatoms. The van der Waals surface area contributed by atoms with Crippen molar-refractivity contribution in [3.05, 3.63) is 126 Å². The first-order chi connectivity index (χ1) is 21.0. The van der Waals surface area contributed by atoms with Gasteiger partial charge < -0.3 is 26.7 Å². The van der Waals surface area contributed by atoms with Gasteiger partial charge in [-0.05, 0) is 74.0 Å². The molecule has 0 N–H and O–H groups in total. The predicted octanol–water partition coefficient (Wildman–Crippen LogP) is 8.76. The van der Waals surface area contributed by atoms with E-state index < -0.39 is 0 Å². The smallest absolute Gasteiger partial charge is 0.784 e. The molecule has 0 bridgehead atoms. The van der Waals surface area contributed by atoms with Crippen molar-refractivity contribution in [1.82, 2.24) is 14.5 Å². The van der Waals surface area contributed by atoms with Gasteiger partial charge in [-0.15, -0.1) is 10.7 Å². The van der Waals surface area contributed by atoms with Crippen LogP contribution in [0.3, 0.4) is 0 Å². The third-order valence-electron chi connectivity index (χ3n) is 8.40. The number of para-hydroxylation sites is 1. The first-order valence-electron chi connectivity index (χ1n) is 15.5. The normalized spacial score (nSPS) is 11.8. The van der Waals surface area contributed by atoms with Crippen LogP contribution in [0.1, 0.15) is 88.4 Å². The maximum atomic E-state index is 5.55. The zero-order valence-corrected chi connectivity index (χ0v) is 30.0. The van der Waals surface area contributed by atoms with Gasteiger partial charge in [-0.3, -0.25) is 0 Å². The molecule has 3 aromatic heterocycles. The van der Waals surface area contributed by atoms with Gasteiger partial charge in [0.05, 0.1) is 0 Å². The van der Waals surface area contributed by atoms with Crippen molar-refractivity contribution < 1.29 is 26.9 Å². The van der Waals surface area contributed by atoms with Crippen molar-refractivity contribution in [1.29, 1.82) is 0 Å². The molecule has 0 saturated carbocycles. The Morgan fingerprint density at radius 3 is 2.27 bits per heavy atom. The summed E-state index contributed by atoms with van der Waals surface area (Å²) < 4.78 is 3.87. The first kappa shape index (κ1) is 32.9. The van der Waals surface area contributed by atoms with Crippen LogP contribution in [-0.2, 0) is 46.8 Å². The number of nitrogens with zero attached hydrogens (tertiary/aromatic N) is 4. The van der Waals surface area contributed by atoms with Crippen LogP contribution < -0.4 is 9.55 Å². The molecule has 0 atom stereocenters. The van der Waals surface area contributed by atoms with Crippen LogP contribution in [-0.4, -0.2) is 9.55 Å². The number of fused-ring (bicyclic) bond motifs is 1. The molecule has 0 aliphatic carbocycles. The summed E-state index contributed by atoms with van der Waals surface area (Å²) in [7, 11) is 0. The van der Waals surface area contributed by atoms with E-state index in [-0.39, 0.29) is 27.8 Å². The van der Waals surface area contributed by atoms with Crippen molar-refractivity contribution in [3.8, 4) is 22.6 Å². The fourth-order valence-electron chi connectivity index (χ4n) is 5.60. The monoisotopic (exact) mass is 793 g/mol. The SMILES string of the molecule is CC(C)c1cc(-c2ccc3c(Cc4cc(C(C)(C)C)cc(-[n+]5[c-]n(-c6ccccc6[S-])cc5)n4)[n-]cc3c2)cc(C(C)C)c1.[Au+3]. The summed E-state index contributed by atoms with van der Waals surface area (Å²) in [5.41, 5.74) is 9.40. The fourth-order valence-corrected chi connectivity index (χ4v) is 5.85. The molecular weight excluding hydrogens is 753 g/mol. The molecule has 0 aliphatic rings. The van der Waals surface area contributed by atoms with Gasteiger partial charge in [0.2, 0.25) is 5.82 Å². The van der Waals surface area contributed by atoms with Crippen LogP contribution in [0.25, 0.3) is 33.4 Å². The zero-order chi connectivity index (χ0) is 31.2.